The summed E-state index contributed by atoms with van der Waals surface area (Å²) < 4.78 is 1.68. The highest BCUT2D eigenvalue weighted by atomic mass is 16.3. The average Bonchev–Trinajstić information content (AvgIpc) is 2.76. The molecular formula is C14H18N4O2. The molecule has 106 valence electrons. The van der Waals surface area contributed by atoms with Crippen molar-refractivity contribution in [2.24, 2.45) is 5.92 Å². The number of aliphatic hydroxyl groups excluding tert-OH is 1. The molecule has 1 amide bonds. The van der Waals surface area contributed by atoms with Crippen LogP contribution in [0.4, 0.5) is 0 Å². The van der Waals surface area contributed by atoms with Gasteiger partial charge in [0.2, 0.25) is 0 Å². The molecule has 6 heteroatoms. The van der Waals surface area contributed by atoms with Gasteiger partial charge in [0.1, 0.15) is 5.56 Å². The van der Waals surface area contributed by atoms with Crippen LogP contribution in [-0.4, -0.2) is 38.3 Å². The van der Waals surface area contributed by atoms with Crippen LogP contribution < -0.4 is 5.32 Å². The second-order valence-corrected chi connectivity index (χ2v) is 5.53. The van der Waals surface area contributed by atoms with Gasteiger partial charge in [0.05, 0.1) is 12.3 Å². The molecule has 0 unspecified atom stereocenters. The van der Waals surface area contributed by atoms with Gasteiger partial charge in [0.25, 0.3) is 5.91 Å². The molecule has 0 saturated heterocycles. The van der Waals surface area contributed by atoms with E-state index in [9.17, 15) is 9.90 Å². The molecule has 1 fully saturated rings. The fraction of sp³-hybridized carbons (Fsp3) is 0.500. The van der Waals surface area contributed by atoms with Crippen molar-refractivity contribution < 1.29 is 9.90 Å². The van der Waals surface area contributed by atoms with Crippen LogP contribution >= 0.6 is 0 Å². The SMILES string of the molecule is Cc1cc(C)n2ncc(C(=O)NCC3CC(O)C3)c2n1. The lowest BCUT2D eigenvalue weighted by Gasteiger charge is -2.31. The molecule has 2 aromatic heterocycles. The normalized spacial score (nSPS) is 21.8. The Balaban J connectivity index is 1.77. The van der Waals surface area contributed by atoms with Crippen LogP contribution in [-0.2, 0) is 0 Å². The quantitative estimate of drug-likeness (QED) is 0.869. The van der Waals surface area contributed by atoms with E-state index in [0.29, 0.717) is 23.7 Å². The molecule has 2 N–H and O–H groups in total. The summed E-state index contributed by atoms with van der Waals surface area (Å²) in [6.45, 7) is 4.43. The molecule has 2 heterocycles. The minimum atomic E-state index is -0.194. The van der Waals surface area contributed by atoms with Gasteiger partial charge in [-0.2, -0.15) is 5.10 Å². The number of carbonyl (C=O) groups is 1. The van der Waals surface area contributed by atoms with Crippen LogP contribution in [0.3, 0.4) is 0 Å². The Bertz CT molecular complexity index is 658. The second-order valence-electron chi connectivity index (χ2n) is 5.53. The number of aliphatic hydroxyl groups is 1. The summed E-state index contributed by atoms with van der Waals surface area (Å²) in [5.41, 5.74) is 2.91. The van der Waals surface area contributed by atoms with E-state index >= 15 is 0 Å². The number of fused-ring (bicyclic) bond motifs is 1. The summed E-state index contributed by atoms with van der Waals surface area (Å²) in [5.74, 6) is 0.228. The maximum absolute atomic E-state index is 12.2. The van der Waals surface area contributed by atoms with Gasteiger partial charge in [-0.15, -0.1) is 0 Å². The third kappa shape index (κ3) is 2.27. The number of nitrogens with one attached hydrogen (secondary N) is 1. The van der Waals surface area contributed by atoms with Crippen molar-refractivity contribution in [2.45, 2.75) is 32.8 Å². The highest BCUT2D eigenvalue weighted by Crippen LogP contribution is 2.26. The molecule has 0 aliphatic heterocycles. The van der Waals surface area contributed by atoms with Crippen molar-refractivity contribution in [3.05, 3.63) is 29.2 Å². The minimum Gasteiger partial charge on any atom is -0.393 e. The van der Waals surface area contributed by atoms with Crippen LogP contribution in [0.5, 0.6) is 0 Å². The molecule has 6 nitrogen and oxygen atoms in total. The van der Waals surface area contributed by atoms with E-state index in [0.717, 1.165) is 24.2 Å². The second kappa shape index (κ2) is 4.86. The van der Waals surface area contributed by atoms with Crippen LogP contribution in [0, 0.1) is 19.8 Å². The predicted octanol–water partition coefficient (Wildman–Crippen LogP) is 0.847. The molecule has 20 heavy (non-hydrogen) atoms. The zero-order chi connectivity index (χ0) is 14.3. The van der Waals surface area contributed by atoms with Crippen molar-refractivity contribution in [1.29, 1.82) is 0 Å². The third-order valence-corrected chi connectivity index (χ3v) is 3.78. The fourth-order valence-electron chi connectivity index (χ4n) is 2.63. The number of aromatic nitrogens is 3. The van der Waals surface area contributed by atoms with Gasteiger partial charge < -0.3 is 10.4 Å². The van der Waals surface area contributed by atoms with Crippen molar-refractivity contribution in [3.63, 3.8) is 0 Å². The number of hydrogen-bond acceptors (Lipinski definition) is 4. The summed E-state index contributed by atoms with van der Waals surface area (Å²) in [5, 5.41) is 16.3. The minimum absolute atomic E-state index is 0.154. The van der Waals surface area contributed by atoms with Gasteiger partial charge in [-0.05, 0) is 38.7 Å². The summed E-state index contributed by atoms with van der Waals surface area (Å²) >= 11 is 0. The molecule has 1 aliphatic rings. The maximum atomic E-state index is 12.2. The van der Waals surface area contributed by atoms with Crippen molar-refractivity contribution in [3.8, 4) is 0 Å². The molecule has 0 spiro atoms. The molecule has 0 atom stereocenters. The number of hydrogen-bond donors (Lipinski definition) is 2. The summed E-state index contributed by atoms with van der Waals surface area (Å²) in [6, 6.07) is 1.93. The lowest BCUT2D eigenvalue weighted by Crippen LogP contribution is -2.38. The van der Waals surface area contributed by atoms with E-state index < -0.39 is 0 Å². The molecule has 1 saturated carbocycles. The van der Waals surface area contributed by atoms with E-state index in [1.165, 1.54) is 0 Å². The van der Waals surface area contributed by atoms with Gasteiger partial charge in [-0.25, -0.2) is 9.50 Å². The molecule has 0 bridgehead atoms. The fourth-order valence-corrected chi connectivity index (χ4v) is 2.63. The van der Waals surface area contributed by atoms with E-state index in [2.05, 4.69) is 15.4 Å². The van der Waals surface area contributed by atoms with Gasteiger partial charge in [-0.1, -0.05) is 0 Å². The third-order valence-electron chi connectivity index (χ3n) is 3.78. The highest BCUT2D eigenvalue weighted by Gasteiger charge is 2.27. The van der Waals surface area contributed by atoms with Gasteiger partial charge >= 0.3 is 0 Å². The van der Waals surface area contributed by atoms with Crippen LogP contribution in [0.1, 0.15) is 34.6 Å². The van der Waals surface area contributed by atoms with Crippen molar-refractivity contribution >= 4 is 11.6 Å². The Morgan fingerprint density at radius 2 is 2.25 bits per heavy atom. The van der Waals surface area contributed by atoms with E-state index in [1.54, 1.807) is 10.7 Å². The Morgan fingerprint density at radius 1 is 1.50 bits per heavy atom. The van der Waals surface area contributed by atoms with Gasteiger partial charge in [-0.3, -0.25) is 4.79 Å². The zero-order valence-corrected chi connectivity index (χ0v) is 11.6. The lowest BCUT2D eigenvalue weighted by molar-refractivity contribution is 0.0420. The van der Waals surface area contributed by atoms with Crippen LogP contribution in [0.2, 0.25) is 0 Å². The Morgan fingerprint density at radius 3 is 2.95 bits per heavy atom. The first-order valence-electron chi connectivity index (χ1n) is 6.83. The number of aryl methyl sites for hydroxylation is 2. The standard InChI is InChI=1S/C14H18N4O2/c1-8-3-9(2)18-13(17-8)12(7-16-18)14(20)15-6-10-4-11(19)5-10/h3,7,10-11,19H,4-6H2,1-2H3,(H,15,20). The summed E-state index contributed by atoms with van der Waals surface area (Å²) in [6.07, 6.45) is 2.90. The van der Waals surface area contributed by atoms with E-state index in [1.807, 2.05) is 19.9 Å². The topological polar surface area (TPSA) is 79.5 Å². The molecular weight excluding hydrogens is 256 g/mol. The number of nitrogens with zero attached hydrogens (tertiary/aromatic N) is 3. The van der Waals surface area contributed by atoms with E-state index in [-0.39, 0.29) is 12.0 Å². The van der Waals surface area contributed by atoms with Crippen molar-refractivity contribution in [2.75, 3.05) is 6.54 Å². The molecule has 0 aromatic carbocycles. The van der Waals surface area contributed by atoms with E-state index in [4.69, 9.17) is 0 Å². The monoisotopic (exact) mass is 274 g/mol. The highest BCUT2D eigenvalue weighted by molar-refractivity contribution is 5.99. The zero-order valence-electron chi connectivity index (χ0n) is 11.6. The van der Waals surface area contributed by atoms with Gasteiger partial charge in [0.15, 0.2) is 5.65 Å². The first-order chi connectivity index (χ1) is 9.54. The van der Waals surface area contributed by atoms with Crippen LogP contribution in [0.15, 0.2) is 12.3 Å². The molecule has 3 rings (SSSR count). The Hall–Kier alpha value is -1.95. The smallest absolute Gasteiger partial charge is 0.256 e. The molecule has 1 aliphatic carbocycles. The van der Waals surface area contributed by atoms with Crippen LogP contribution in [0.25, 0.3) is 5.65 Å². The first-order valence-corrected chi connectivity index (χ1v) is 6.83. The largest absolute Gasteiger partial charge is 0.393 e. The van der Waals surface area contributed by atoms with Crippen molar-refractivity contribution in [1.82, 2.24) is 19.9 Å². The summed E-state index contributed by atoms with van der Waals surface area (Å²) in [7, 11) is 0. The molecule has 2 aromatic rings. The summed E-state index contributed by atoms with van der Waals surface area (Å²) in [4.78, 5) is 16.6. The Kier molecular flexibility index (Phi) is 3.17. The number of carbonyl (C=O) groups excluding carboxylic acids is 1. The first kappa shape index (κ1) is 13.1. The lowest BCUT2D eigenvalue weighted by atomic mass is 9.82. The number of amides is 1. The predicted molar refractivity (Wildman–Crippen MR) is 73.5 cm³/mol. The Labute approximate surface area is 116 Å². The van der Waals surface area contributed by atoms with Gasteiger partial charge in [0, 0.05) is 17.9 Å². The average molecular weight is 274 g/mol. The molecule has 0 radical (unpaired) electrons. The maximum Gasteiger partial charge on any atom is 0.256 e. The number of rotatable bonds is 3.